The third-order valence-electron chi connectivity index (χ3n) is 8.70. The molecule has 234 valence electrons. The summed E-state index contributed by atoms with van der Waals surface area (Å²) in [6.07, 6.45) is 2.23. The zero-order chi connectivity index (χ0) is 30.9. The molecule has 0 saturated carbocycles. The van der Waals surface area contributed by atoms with Crippen LogP contribution in [0.1, 0.15) is 35.6 Å². The van der Waals surface area contributed by atoms with Crippen LogP contribution in [0.25, 0.3) is 0 Å². The predicted octanol–water partition coefficient (Wildman–Crippen LogP) is 3.92. The number of hydrogen-bond donors (Lipinski definition) is 1. The molecule has 0 bridgehead atoms. The topological polar surface area (TPSA) is 83.6 Å². The number of benzene rings is 3. The molecule has 0 aromatic heterocycles. The lowest BCUT2D eigenvalue weighted by Gasteiger charge is -2.42. The molecule has 2 heterocycles. The van der Waals surface area contributed by atoms with Gasteiger partial charge in [-0.05, 0) is 54.8 Å². The van der Waals surface area contributed by atoms with Gasteiger partial charge in [0, 0.05) is 32.2 Å². The smallest absolute Gasteiger partial charge is 0.237 e. The molecule has 0 aliphatic carbocycles. The SMILES string of the molecule is COc1cc(CC(=O)N2CCN(C(=O)CNC3CCN(Cc4ccccc4)CC3)C(c3ccccc3)C2)cc(OC)c1OC. The average molecular weight is 601 g/mol. The summed E-state index contributed by atoms with van der Waals surface area (Å²) in [5.74, 6) is 1.59. The van der Waals surface area contributed by atoms with Crippen molar-refractivity contribution in [2.75, 3.05) is 60.6 Å². The van der Waals surface area contributed by atoms with Crippen LogP contribution in [0.5, 0.6) is 17.2 Å². The fourth-order valence-electron chi connectivity index (χ4n) is 6.26. The average Bonchev–Trinajstić information content (AvgIpc) is 3.07. The van der Waals surface area contributed by atoms with Gasteiger partial charge in [-0.15, -0.1) is 0 Å². The lowest BCUT2D eigenvalue weighted by molar-refractivity contribution is -0.142. The van der Waals surface area contributed by atoms with Crippen molar-refractivity contribution in [1.29, 1.82) is 0 Å². The van der Waals surface area contributed by atoms with Crippen LogP contribution >= 0.6 is 0 Å². The maximum atomic E-state index is 13.6. The molecule has 2 amide bonds. The highest BCUT2D eigenvalue weighted by Gasteiger charge is 2.34. The van der Waals surface area contributed by atoms with Crippen LogP contribution in [-0.4, -0.2) is 93.2 Å². The van der Waals surface area contributed by atoms with Gasteiger partial charge in [0.1, 0.15) is 0 Å². The number of carbonyl (C=O) groups excluding carboxylic acids is 2. The molecular formula is C35H44N4O5. The maximum Gasteiger partial charge on any atom is 0.237 e. The summed E-state index contributed by atoms with van der Waals surface area (Å²) in [5, 5.41) is 3.54. The molecule has 9 heteroatoms. The third kappa shape index (κ3) is 7.70. The molecule has 2 aliphatic rings. The van der Waals surface area contributed by atoms with E-state index in [0.717, 1.165) is 43.6 Å². The molecule has 2 aliphatic heterocycles. The summed E-state index contributed by atoms with van der Waals surface area (Å²) in [4.78, 5) is 33.4. The van der Waals surface area contributed by atoms with Gasteiger partial charge in [0.15, 0.2) is 11.5 Å². The van der Waals surface area contributed by atoms with E-state index in [1.165, 1.54) is 5.56 Å². The summed E-state index contributed by atoms with van der Waals surface area (Å²) < 4.78 is 16.4. The first kappa shape index (κ1) is 31.3. The standard InChI is InChI=1S/C35H44N4O5/c1-42-31-20-27(21-32(43-2)35(31)44-3)22-33(40)38-18-19-39(30(25-38)28-12-8-5-9-13-28)34(41)23-36-29-14-16-37(17-15-29)24-26-10-6-4-7-11-26/h4-13,20-21,29-30,36H,14-19,22-25H2,1-3H3. The summed E-state index contributed by atoms with van der Waals surface area (Å²) in [5.41, 5.74) is 3.14. The van der Waals surface area contributed by atoms with E-state index in [1.54, 1.807) is 21.3 Å². The van der Waals surface area contributed by atoms with Gasteiger partial charge in [-0.2, -0.15) is 0 Å². The quantitative estimate of drug-likeness (QED) is 0.357. The molecule has 3 aromatic carbocycles. The number of carbonyl (C=O) groups is 2. The molecule has 9 nitrogen and oxygen atoms in total. The Morgan fingerprint density at radius 1 is 0.773 bits per heavy atom. The molecule has 2 saturated heterocycles. The van der Waals surface area contributed by atoms with Gasteiger partial charge in [-0.1, -0.05) is 60.7 Å². The van der Waals surface area contributed by atoms with Gasteiger partial charge < -0.3 is 29.3 Å². The summed E-state index contributed by atoms with van der Waals surface area (Å²) in [6.45, 7) is 4.70. The van der Waals surface area contributed by atoms with Crippen LogP contribution in [0.2, 0.25) is 0 Å². The lowest BCUT2D eigenvalue weighted by Crippen LogP contribution is -2.55. The normalized spacial score (nSPS) is 17.8. The Morgan fingerprint density at radius 3 is 2.02 bits per heavy atom. The number of ether oxygens (including phenoxy) is 3. The summed E-state index contributed by atoms with van der Waals surface area (Å²) >= 11 is 0. The largest absolute Gasteiger partial charge is 0.493 e. The lowest BCUT2D eigenvalue weighted by atomic mass is 10.0. The predicted molar refractivity (Wildman–Crippen MR) is 170 cm³/mol. The Hall–Kier alpha value is -4.08. The number of methoxy groups -OCH3 is 3. The zero-order valence-corrected chi connectivity index (χ0v) is 26.0. The van der Waals surface area contributed by atoms with Gasteiger partial charge in [-0.3, -0.25) is 14.5 Å². The van der Waals surface area contributed by atoms with Gasteiger partial charge in [0.05, 0.1) is 40.3 Å². The minimum atomic E-state index is -0.212. The van der Waals surface area contributed by atoms with Crippen molar-refractivity contribution in [2.24, 2.45) is 0 Å². The van der Waals surface area contributed by atoms with Crippen molar-refractivity contribution < 1.29 is 23.8 Å². The number of hydrogen-bond acceptors (Lipinski definition) is 7. The first-order chi connectivity index (χ1) is 21.5. The first-order valence-corrected chi connectivity index (χ1v) is 15.4. The fraction of sp³-hybridized carbons (Fsp3) is 0.429. The second-order valence-electron chi connectivity index (χ2n) is 11.5. The second-order valence-corrected chi connectivity index (χ2v) is 11.5. The Morgan fingerprint density at radius 2 is 1.41 bits per heavy atom. The molecule has 44 heavy (non-hydrogen) atoms. The Kier molecular flexibility index (Phi) is 10.7. The summed E-state index contributed by atoms with van der Waals surface area (Å²) in [6, 6.07) is 24.3. The molecule has 1 unspecified atom stereocenters. The minimum absolute atomic E-state index is 0.00677. The van der Waals surface area contributed by atoms with Crippen LogP contribution in [0, 0.1) is 0 Å². The van der Waals surface area contributed by atoms with E-state index in [1.807, 2.05) is 52.3 Å². The molecule has 0 radical (unpaired) electrons. The number of piperazine rings is 1. The van der Waals surface area contributed by atoms with Crippen molar-refractivity contribution in [3.8, 4) is 17.2 Å². The molecule has 0 spiro atoms. The van der Waals surface area contributed by atoms with E-state index in [2.05, 4.69) is 40.5 Å². The van der Waals surface area contributed by atoms with Crippen LogP contribution in [0.15, 0.2) is 72.8 Å². The number of amides is 2. The van der Waals surface area contributed by atoms with Crippen molar-refractivity contribution in [3.63, 3.8) is 0 Å². The monoisotopic (exact) mass is 600 g/mol. The van der Waals surface area contributed by atoms with Gasteiger partial charge in [0.2, 0.25) is 17.6 Å². The highest BCUT2D eigenvalue weighted by molar-refractivity contribution is 5.81. The van der Waals surface area contributed by atoms with E-state index in [0.29, 0.717) is 49.5 Å². The Balaban J connectivity index is 1.19. The van der Waals surface area contributed by atoms with E-state index in [4.69, 9.17) is 14.2 Å². The number of rotatable bonds is 11. The van der Waals surface area contributed by atoms with Gasteiger partial charge >= 0.3 is 0 Å². The molecule has 5 rings (SSSR count). The summed E-state index contributed by atoms with van der Waals surface area (Å²) in [7, 11) is 4.68. The zero-order valence-electron chi connectivity index (χ0n) is 26.0. The van der Waals surface area contributed by atoms with Gasteiger partial charge in [0.25, 0.3) is 0 Å². The number of likely N-dealkylation sites (tertiary alicyclic amines) is 1. The van der Waals surface area contributed by atoms with Crippen molar-refractivity contribution in [3.05, 3.63) is 89.5 Å². The van der Waals surface area contributed by atoms with Crippen molar-refractivity contribution in [2.45, 2.75) is 37.9 Å². The van der Waals surface area contributed by atoms with Crippen molar-refractivity contribution in [1.82, 2.24) is 20.0 Å². The maximum absolute atomic E-state index is 13.6. The second kappa shape index (κ2) is 15.1. The highest BCUT2D eigenvalue weighted by atomic mass is 16.5. The van der Waals surface area contributed by atoms with E-state index in [-0.39, 0.29) is 24.3 Å². The fourth-order valence-corrected chi connectivity index (χ4v) is 6.26. The Labute approximate surface area is 260 Å². The molecular weight excluding hydrogens is 556 g/mol. The van der Waals surface area contributed by atoms with Gasteiger partial charge in [-0.25, -0.2) is 0 Å². The molecule has 1 atom stereocenters. The number of nitrogens with one attached hydrogen (secondary N) is 1. The third-order valence-corrected chi connectivity index (χ3v) is 8.70. The van der Waals surface area contributed by atoms with E-state index in [9.17, 15) is 9.59 Å². The minimum Gasteiger partial charge on any atom is -0.493 e. The molecule has 3 aromatic rings. The van der Waals surface area contributed by atoms with E-state index >= 15 is 0 Å². The van der Waals surface area contributed by atoms with Crippen LogP contribution < -0.4 is 19.5 Å². The van der Waals surface area contributed by atoms with Crippen molar-refractivity contribution >= 4 is 11.8 Å². The molecule has 2 fully saturated rings. The Bertz CT molecular complexity index is 1350. The molecule has 1 N–H and O–H groups in total. The number of piperidine rings is 1. The first-order valence-electron chi connectivity index (χ1n) is 15.4. The number of nitrogens with zero attached hydrogens (tertiary/aromatic N) is 3. The highest BCUT2D eigenvalue weighted by Crippen LogP contribution is 2.38. The van der Waals surface area contributed by atoms with E-state index < -0.39 is 0 Å². The van der Waals surface area contributed by atoms with Crippen LogP contribution in [0.3, 0.4) is 0 Å². The van der Waals surface area contributed by atoms with Crippen LogP contribution in [-0.2, 0) is 22.6 Å². The van der Waals surface area contributed by atoms with Crippen LogP contribution in [0.4, 0.5) is 0 Å².